The Labute approximate surface area is 126 Å². The number of hydrogen-bond donors (Lipinski definition) is 5. The fraction of sp³-hybridized carbons (Fsp3) is 0.455. The van der Waals surface area contributed by atoms with Gasteiger partial charge in [0, 0.05) is 16.2 Å². The maximum Gasteiger partial charge on any atom is 0.276 e. The Morgan fingerprint density at radius 1 is 1.45 bits per heavy atom. The first kappa shape index (κ1) is 13.8. The summed E-state index contributed by atoms with van der Waals surface area (Å²) < 4.78 is 6.19. The van der Waals surface area contributed by atoms with Gasteiger partial charge in [0.15, 0.2) is 0 Å². The predicted octanol–water partition coefficient (Wildman–Crippen LogP) is -0.570. The zero-order valence-corrected chi connectivity index (χ0v) is 12.4. The summed E-state index contributed by atoms with van der Waals surface area (Å²) in [5.41, 5.74) is 6.26. The van der Waals surface area contributed by atoms with Gasteiger partial charge in [-0.05, 0) is 0 Å². The summed E-state index contributed by atoms with van der Waals surface area (Å²) in [5, 5.41) is 20.0. The number of hydrogen-bond acceptors (Lipinski definition) is 6. The molecule has 1 saturated heterocycles. The Balaban J connectivity index is 2.09. The van der Waals surface area contributed by atoms with Crippen LogP contribution in [0.3, 0.4) is 0 Å². The first-order valence-electron chi connectivity index (χ1n) is 5.97. The molecular weight excluding hydrogens is 379 g/mol. The fourth-order valence-electron chi connectivity index (χ4n) is 2.40. The van der Waals surface area contributed by atoms with E-state index in [4.69, 9.17) is 10.5 Å². The Morgan fingerprint density at radius 2 is 2.20 bits per heavy atom. The number of nitrogens with zero attached hydrogens (tertiary/aromatic N) is 1. The van der Waals surface area contributed by atoms with Gasteiger partial charge in [0.25, 0.3) is 5.56 Å². The van der Waals surface area contributed by atoms with E-state index in [-0.39, 0.29) is 11.5 Å². The van der Waals surface area contributed by atoms with Crippen LogP contribution in [0, 0.1) is 0 Å². The number of aromatic amines is 2. The molecule has 2 aromatic heterocycles. The van der Waals surface area contributed by atoms with Gasteiger partial charge in [-0.3, -0.25) is 9.78 Å². The van der Waals surface area contributed by atoms with Gasteiger partial charge in [0.05, 0.1) is 6.10 Å². The maximum absolute atomic E-state index is 11.7. The molecule has 0 amide bonds. The largest absolute Gasteiger partial charge is 0.388 e. The van der Waals surface area contributed by atoms with Crippen LogP contribution in [-0.2, 0) is 4.74 Å². The van der Waals surface area contributed by atoms with E-state index in [1.165, 1.54) is 0 Å². The topological polar surface area (TPSA) is 137 Å². The summed E-state index contributed by atoms with van der Waals surface area (Å²) >= 11 is 2.08. The lowest BCUT2D eigenvalue weighted by atomic mass is 10.0. The average Bonchev–Trinajstić information content (AvgIpc) is 2.93. The smallest absolute Gasteiger partial charge is 0.276 e. The third-order valence-electron chi connectivity index (χ3n) is 3.40. The number of halogens is 1. The van der Waals surface area contributed by atoms with Gasteiger partial charge in [0.1, 0.15) is 29.3 Å². The molecule has 3 rings (SSSR count). The van der Waals surface area contributed by atoms with Crippen molar-refractivity contribution in [3.63, 3.8) is 0 Å². The van der Waals surface area contributed by atoms with Crippen molar-refractivity contribution in [3.8, 4) is 0 Å². The minimum atomic E-state index is -1.07. The van der Waals surface area contributed by atoms with Crippen molar-refractivity contribution in [2.45, 2.75) is 24.4 Å². The third-order valence-corrected chi connectivity index (χ3v) is 4.27. The SMILES string of the molecule is Nc1nc2c([C@@H]3O[C@H](CI)[C@@H](O)[C@H]3O)c[nH]c2c(=O)[nH]1. The number of nitrogens with one attached hydrogen (secondary N) is 2. The summed E-state index contributed by atoms with van der Waals surface area (Å²) in [6, 6.07) is 0. The minimum Gasteiger partial charge on any atom is -0.388 e. The lowest BCUT2D eigenvalue weighted by Crippen LogP contribution is -2.31. The van der Waals surface area contributed by atoms with E-state index in [2.05, 4.69) is 37.5 Å². The highest BCUT2D eigenvalue weighted by Crippen LogP contribution is 2.36. The highest BCUT2D eigenvalue weighted by Gasteiger charge is 2.43. The number of nitrogen functional groups attached to an aromatic ring is 1. The molecule has 6 N–H and O–H groups in total. The van der Waals surface area contributed by atoms with Crippen molar-refractivity contribution >= 4 is 39.6 Å². The molecule has 0 saturated carbocycles. The van der Waals surface area contributed by atoms with Crippen LogP contribution >= 0.6 is 22.6 Å². The van der Waals surface area contributed by atoms with Crippen molar-refractivity contribution in [2.24, 2.45) is 0 Å². The van der Waals surface area contributed by atoms with Crippen LogP contribution in [-0.4, -0.2) is 47.9 Å². The standard InChI is InChI=1S/C11H13IN4O4/c12-1-4-7(17)8(18)9(20-4)3-2-14-6-5(3)15-11(13)16-10(6)19/h2,4,7-9,14,17-18H,1H2,(H3,13,15,16,19)/t4-,7-,8-,9+/m1/s1. The zero-order valence-electron chi connectivity index (χ0n) is 10.2. The van der Waals surface area contributed by atoms with Crippen LogP contribution in [0.2, 0.25) is 0 Å². The molecule has 0 spiro atoms. The second-order valence-electron chi connectivity index (χ2n) is 4.65. The normalized spacial score (nSPS) is 30.1. The van der Waals surface area contributed by atoms with Crippen LogP contribution in [0.15, 0.2) is 11.0 Å². The molecule has 0 bridgehead atoms. The molecule has 0 aromatic carbocycles. The Morgan fingerprint density at radius 3 is 2.85 bits per heavy atom. The summed E-state index contributed by atoms with van der Waals surface area (Å²) in [6.45, 7) is 0. The number of alkyl halides is 1. The van der Waals surface area contributed by atoms with E-state index >= 15 is 0 Å². The second kappa shape index (κ2) is 4.98. The number of H-pyrrole nitrogens is 2. The number of ether oxygens (including phenoxy) is 1. The molecule has 4 atom stereocenters. The third kappa shape index (κ3) is 2.01. The van der Waals surface area contributed by atoms with Crippen molar-refractivity contribution < 1.29 is 14.9 Å². The van der Waals surface area contributed by atoms with Crippen molar-refractivity contribution in [3.05, 3.63) is 22.1 Å². The molecule has 2 aromatic rings. The summed E-state index contributed by atoms with van der Waals surface area (Å²) in [5.74, 6) is -0.0122. The monoisotopic (exact) mass is 392 g/mol. The van der Waals surface area contributed by atoms with E-state index in [1.54, 1.807) is 6.20 Å². The first-order valence-corrected chi connectivity index (χ1v) is 7.49. The van der Waals surface area contributed by atoms with Crippen molar-refractivity contribution in [1.82, 2.24) is 15.0 Å². The van der Waals surface area contributed by atoms with Gasteiger partial charge in [-0.2, -0.15) is 0 Å². The molecule has 108 valence electrons. The van der Waals surface area contributed by atoms with Crippen LogP contribution < -0.4 is 11.3 Å². The van der Waals surface area contributed by atoms with Crippen LogP contribution in [0.4, 0.5) is 5.95 Å². The number of aromatic nitrogens is 3. The number of nitrogens with two attached hydrogens (primary N) is 1. The predicted molar refractivity (Wildman–Crippen MR) is 79.6 cm³/mol. The number of fused-ring (bicyclic) bond motifs is 1. The quantitative estimate of drug-likeness (QED) is 0.343. The van der Waals surface area contributed by atoms with Gasteiger partial charge in [0.2, 0.25) is 5.95 Å². The minimum absolute atomic E-state index is 0.0122. The van der Waals surface area contributed by atoms with Gasteiger partial charge < -0.3 is 25.7 Å². The fourth-order valence-corrected chi connectivity index (χ4v) is 3.13. The van der Waals surface area contributed by atoms with E-state index in [9.17, 15) is 15.0 Å². The van der Waals surface area contributed by atoms with Gasteiger partial charge in [-0.15, -0.1) is 0 Å². The van der Waals surface area contributed by atoms with Gasteiger partial charge in [-0.1, -0.05) is 22.6 Å². The molecule has 1 aliphatic rings. The zero-order chi connectivity index (χ0) is 14.4. The van der Waals surface area contributed by atoms with Crippen LogP contribution in [0.1, 0.15) is 11.7 Å². The summed E-state index contributed by atoms with van der Waals surface area (Å²) in [6.07, 6.45) is -1.70. The maximum atomic E-state index is 11.7. The van der Waals surface area contributed by atoms with E-state index in [0.717, 1.165) is 0 Å². The molecule has 1 aliphatic heterocycles. The highest BCUT2D eigenvalue weighted by molar-refractivity contribution is 14.1. The van der Waals surface area contributed by atoms with Gasteiger partial charge in [-0.25, -0.2) is 4.98 Å². The molecular formula is C11H13IN4O4. The molecule has 3 heterocycles. The molecule has 9 heteroatoms. The molecule has 0 radical (unpaired) electrons. The highest BCUT2D eigenvalue weighted by atomic mass is 127. The Bertz CT molecular complexity index is 699. The summed E-state index contributed by atoms with van der Waals surface area (Å²) in [7, 11) is 0. The molecule has 0 aliphatic carbocycles. The summed E-state index contributed by atoms with van der Waals surface area (Å²) in [4.78, 5) is 21.0. The molecule has 1 fully saturated rings. The molecule has 8 nitrogen and oxygen atoms in total. The van der Waals surface area contributed by atoms with E-state index in [1.807, 2.05) is 0 Å². The molecule has 0 unspecified atom stereocenters. The number of aliphatic hydroxyl groups excluding tert-OH is 2. The molecule has 20 heavy (non-hydrogen) atoms. The van der Waals surface area contributed by atoms with Crippen molar-refractivity contribution in [2.75, 3.05) is 10.2 Å². The van der Waals surface area contributed by atoms with Gasteiger partial charge >= 0.3 is 0 Å². The lowest BCUT2D eigenvalue weighted by molar-refractivity contribution is 0.0180. The Kier molecular flexibility index (Phi) is 3.44. The van der Waals surface area contributed by atoms with Crippen LogP contribution in [0.5, 0.6) is 0 Å². The average molecular weight is 392 g/mol. The van der Waals surface area contributed by atoms with Crippen LogP contribution in [0.25, 0.3) is 11.0 Å². The second-order valence-corrected chi connectivity index (χ2v) is 5.53. The number of rotatable bonds is 2. The lowest BCUT2D eigenvalue weighted by Gasteiger charge is -2.13. The Hall–Kier alpha value is -1.17. The van der Waals surface area contributed by atoms with E-state index < -0.39 is 30.0 Å². The van der Waals surface area contributed by atoms with E-state index in [0.29, 0.717) is 15.5 Å². The first-order chi connectivity index (χ1) is 9.52. The van der Waals surface area contributed by atoms with Crippen molar-refractivity contribution in [1.29, 1.82) is 0 Å². The number of aliphatic hydroxyl groups is 2. The number of anilines is 1.